The van der Waals surface area contributed by atoms with E-state index in [0.717, 1.165) is 25.9 Å². The highest BCUT2D eigenvalue weighted by molar-refractivity contribution is 5.94. The fraction of sp³-hybridized carbons (Fsp3) is 0.500. The smallest absolute Gasteiger partial charge is 0.251 e. The Balaban J connectivity index is 1.96. The van der Waals surface area contributed by atoms with Gasteiger partial charge in [0.25, 0.3) is 5.91 Å². The van der Waals surface area contributed by atoms with Crippen molar-refractivity contribution in [3.05, 3.63) is 29.6 Å². The van der Waals surface area contributed by atoms with E-state index in [1.807, 2.05) is 6.07 Å². The lowest BCUT2D eigenvalue weighted by molar-refractivity contribution is 0.0916. The van der Waals surface area contributed by atoms with Crippen LogP contribution in [0.25, 0.3) is 0 Å². The summed E-state index contributed by atoms with van der Waals surface area (Å²) in [6.07, 6.45) is 3.78. The van der Waals surface area contributed by atoms with Gasteiger partial charge in [-0.25, -0.2) is 0 Å². The van der Waals surface area contributed by atoms with Crippen molar-refractivity contribution in [1.82, 2.24) is 15.2 Å². The first kappa shape index (κ1) is 13.5. The number of aromatic nitrogens is 1. The van der Waals surface area contributed by atoms with Gasteiger partial charge in [-0.1, -0.05) is 0 Å². The van der Waals surface area contributed by atoms with Crippen molar-refractivity contribution in [2.24, 2.45) is 0 Å². The summed E-state index contributed by atoms with van der Waals surface area (Å²) >= 11 is 0. The molecule has 1 N–H and O–H groups in total. The summed E-state index contributed by atoms with van der Waals surface area (Å²) < 4.78 is 0. The first-order valence-electron chi connectivity index (χ1n) is 6.50. The molecule has 1 amide bonds. The zero-order valence-corrected chi connectivity index (χ0v) is 11.1. The molecule has 1 aromatic rings. The normalized spacial score (nSPS) is 16.8. The molecule has 2 rings (SSSR count). The average Bonchev–Trinajstić information content (AvgIpc) is 2.42. The Morgan fingerprint density at radius 1 is 1.58 bits per heavy atom. The third kappa shape index (κ3) is 3.76. The van der Waals surface area contributed by atoms with Crippen LogP contribution in [-0.2, 0) is 6.42 Å². The molecule has 1 aliphatic rings. The van der Waals surface area contributed by atoms with Gasteiger partial charge in [0.2, 0.25) is 0 Å². The van der Waals surface area contributed by atoms with Crippen molar-refractivity contribution in [2.45, 2.75) is 25.3 Å². The molecule has 2 heterocycles. The van der Waals surface area contributed by atoms with E-state index in [9.17, 15) is 4.79 Å². The quantitative estimate of drug-likeness (QED) is 0.877. The van der Waals surface area contributed by atoms with Gasteiger partial charge < -0.3 is 10.2 Å². The van der Waals surface area contributed by atoms with E-state index >= 15 is 0 Å². The summed E-state index contributed by atoms with van der Waals surface area (Å²) in [6.45, 7) is 2.03. The largest absolute Gasteiger partial charge is 0.349 e. The van der Waals surface area contributed by atoms with Gasteiger partial charge in [0, 0.05) is 17.8 Å². The molecular formula is C14H18N4O. The first-order chi connectivity index (χ1) is 9.19. The van der Waals surface area contributed by atoms with Crippen LogP contribution in [0.2, 0.25) is 0 Å². The van der Waals surface area contributed by atoms with E-state index < -0.39 is 0 Å². The Hall–Kier alpha value is -1.93. The van der Waals surface area contributed by atoms with Crippen LogP contribution in [0.5, 0.6) is 0 Å². The van der Waals surface area contributed by atoms with Crippen molar-refractivity contribution in [3.8, 4) is 6.07 Å². The molecule has 0 spiro atoms. The monoisotopic (exact) mass is 258 g/mol. The molecule has 0 bridgehead atoms. The SMILES string of the molecule is CN1CCC(NC(=O)c2ccnc(CC#N)c2)CC1. The van der Waals surface area contributed by atoms with E-state index in [2.05, 4.69) is 22.2 Å². The van der Waals surface area contributed by atoms with Crippen LogP contribution in [0.1, 0.15) is 28.9 Å². The highest BCUT2D eigenvalue weighted by Gasteiger charge is 2.19. The predicted octanol–water partition coefficient (Wildman–Crippen LogP) is 0.972. The Morgan fingerprint density at radius 2 is 2.32 bits per heavy atom. The van der Waals surface area contributed by atoms with Crippen molar-refractivity contribution in [1.29, 1.82) is 5.26 Å². The number of carbonyl (C=O) groups is 1. The Bertz CT molecular complexity index is 486. The minimum atomic E-state index is -0.0730. The average molecular weight is 258 g/mol. The van der Waals surface area contributed by atoms with Gasteiger partial charge >= 0.3 is 0 Å². The third-order valence-corrected chi connectivity index (χ3v) is 3.39. The standard InChI is InChI=1S/C14H18N4O/c1-18-8-4-12(5-9-18)17-14(19)11-3-7-16-13(10-11)2-6-15/h3,7,10,12H,2,4-5,8-9H2,1H3,(H,17,19). The van der Waals surface area contributed by atoms with Gasteiger partial charge in [0.15, 0.2) is 0 Å². The second kappa shape index (κ2) is 6.30. The predicted molar refractivity (Wildman–Crippen MR) is 71.5 cm³/mol. The molecule has 0 aromatic carbocycles. The molecule has 1 aromatic heterocycles. The molecule has 1 fully saturated rings. The topological polar surface area (TPSA) is 69.0 Å². The molecule has 0 saturated carbocycles. The number of carbonyl (C=O) groups excluding carboxylic acids is 1. The Labute approximate surface area is 113 Å². The minimum Gasteiger partial charge on any atom is -0.349 e. The fourth-order valence-corrected chi connectivity index (χ4v) is 2.22. The molecule has 100 valence electrons. The van der Waals surface area contributed by atoms with Gasteiger partial charge in [-0.2, -0.15) is 5.26 Å². The van der Waals surface area contributed by atoms with E-state index in [1.165, 1.54) is 0 Å². The van der Waals surface area contributed by atoms with Crippen LogP contribution in [0.15, 0.2) is 18.3 Å². The van der Waals surface area contributed by atoms with E-state index in [-0.39, 0.29) is 18.4 Å². The first-order valence-corrected chi connectivity index (χ1v) is 6.50. The van der Waals surface area contributed by atoms with Gasteiger partial charge in [-0.3, -0.25) is 9.78 Å². The summed E-state index contributed by atoms with van der Waals surface area (Å²) in [4.78, 5) is 18.4. The number of likely N-dealkylation sites (tertiary alicyclic amines) is 1. The number of hydrogen-bond acceptors (Lipinski definition) is 4. The fourth-order valence-electron chi connectivity index (χ4n) is 2.22. The lowest BCUT2D eigenvalue weighted by Crippen LogP contribution is -2.43. The molecule has 19 heavy (non-hydrogen) atoms. The number of nitrogens with zero attached hydrogens (tertiary/aromatic N) is 3. The number of rotatable bonds is 3. The molecule has 1 aliphatic heterocycles. The van der Waals surface area contributed by atoms with Gasteiger partial charge in [-0.15, -0.1) is 0 Å². The summed E-state index contributed by atoms with van der Waals surface area (Å²) in [7, 11) is 2.09. The second-order valence-electron chi connectivity index (χ2n) is 4.92. The Morgan fingerprint density at radius 3 is 3.00 bits per heavy atom. The summed E-state index contributed by atoms with van der Waals surface area (Å²) in [6, 6.07) is 5.66. The van der Waals surface area contributed by atoms with Gasteiger partial charge in [0.05, 0.1) is 18.2 Å². The molecule has 5 heteroatoms. The van der Waals surface area contributed by atoms with Crippen molar-refractivity contribution in [3.63, 3.8) is 0 Å². The molecule has 0 aliphatic carbocycles. The van der Waals surface area contributed by atoms with Crippen molar-refractivity contribution >= 4 is 5.91 Å². The second-order valence-corrected chi connectivity index (χ2v) is 4.92. The molecule has 0 unspecified atom stereocenters. The number of hydrogen-bond donors (Lipinski definition) is 1. The summed E-state index contributed by atoms with van der Waals surface area (Å²) in [5.74, 6) is -0.0730. The number of amides is 1. The molecular weight excluding hydrogens is 240 g/mol. The maximum Gasteiger partial charge on any atom is 0.251 e. The van der Waals surface area contributed by atoms with Crippen LogP contribution in [-0.4, -0.2) is 42.0 Å². The zero-order chi connectivity index (χ0) is 13.7. The molecule has 5 nitrogen and oxygen atoms in total. The van der Waals surface area contributed by atoms with Crippen LogP contribution >= 0.6 is 0 Å². The highest BCUT2D eigenvalue weighted by Crippen LogP contribution is 2.10. The Kier molecular flexibility index (Phi) is 4.48. The molecule has 0 atom stereocenters. The lowest BCUT2D eigenvalue weighted by Gasteiger charge is -2.29. The number of nitriles is 1. The van der Waals surface area contributed by atoms with Crippen molar-refractivity contribution in [2.75, 3.05) is 20.1 Å². The van der Waals surface area contributed by atoms with Crippen LogP contribution in [0, 0.1) is 11.3 Å². The number of piperidine rings is 1. The van der Waals surface area contributed by atoms with Crippen LogP contribution in [0.4, 0.5) is 0 Å². The van der Waals surface area contributed by atoms with E-state index in [0.29, 0.717) is 11.3 Å². The molecule has 1 saturated heterocycles. The van der Waals surface area contributed by atoms with Gasteiger partial charge in [0.1, 0.15) is 0 Å². The lowest BCUT2D eigenvalue weighted by atomic mass is 10.0. The maximum atomic E-state index is 12.1. The highest BCUT2D eigenvalue weighted by atomic mass is 16.1. The third-order valence-electron chi connectivity index (χ3n) is 3.39. The molecule has 0 radical (unpaired) electrons. The van der Waals surface area contributed by atoms with Crippen LogP contribution in [0.3, 0.4) is 0 Å². The summed E-state index contributed by atoms with van der Waals surface area (Å²) in [5.41, 5.74) is 1.22. The number of nitrogens with one attached hydrogen (secondary N) is 1. The number of pyridine rings is 1. The van der Waals surface area contributed by atoms with Gasteiger partial charge in [-0.05, 0) is 45.1 Å². The van der Waals surface area contributed by atoms with Crippen LogP contribution < -0.4 is 5.32 Å². The maximum absolute atomic E-state index is 12.1. The van der Waals surface area contributed by atoms with Crippen molar-refractivity contribution < 1.29 is 4.79 Å². The van der Waals surface area contributed by atoms with E-state index in [1.54, 1.807) is 18.3 Å². The minimum absolute atomic E-state index is 0.0730. The summed E-state index contributed by atoms with van der Waals surface area (Å²) in [5, 5.41) is 11.7. The van der Waals surface area contributed by atoms with E-state index in [4.69, 9.17) is 5.26 Å². The zero-order valence-electron chi connectivity index (χ0n) is 11.1.